The second kappa shape index (κ2) is 19.0. The highest BCUT2D eigenvalue weighted by Crippen LogP contribution is 1.99. The molecule has 0 fully saturated rings. The van der Waals surface area contributed by atoms with Gasteiger partial charge in [-0.2, -0.15) is 0 Å². The Morgan fingerprint density at radius 1 is 0.667 bits per heavy atom. The van der Waals surface area contributed by atoms with Crippen LogP contribution >= 0.6 is 0 Å². The van der Waals surface area contributed by atoms with Crippen molar-refractivity contribution < 1.29 is 9.90 Å². The average Bonchev–Trinajstić information content (AvgIpc) is 2.56. The van der Waals surface area contributed by atoms with Crippen molar-refractivity contribution in [2.45, 2.75) is 58.3 Å². The number of hydrogen-bond donors (Lipinski definition) is 1. The van der Waals surface area contributed by atoms with Crippen LogP contribution in [0, 0.1) is 0 Å². The molecule has 2 nitrogen and oxygen atoms in total. The van der Waals surface area contributed by atoms with Crippen molar-refractivity contribution in [3.8, 4) is 0 Å². The molecule has 0 aliphatic rings. The molecule has 0 atom stereocenters. The van der Waals surface area contributed by atoms with Crippen LogP contribution in [0.3, 0.4) is 0 Å². The third kappa shape index (κ3) is 19.9. The summed E-state index contributed by atoms with van der Waals surface area (Å²) in [6.45, 7) is 2.04. The van der Waals surface area contributed by atoms with Crippen molar-refractivity contribution in [3.63, 3.8) is 0 Å². The molecular formula is C22H32O2. The van der Waals surface area contributed by atoms with Gasteiger partial charge in [0.15, 0.2) is 0 Å². The van der Waals surface area contributed by atoms with E-state index in [1.54, 1.807) is 0 Å². The van der Waals surface area contributed by atoms with Gasteiger partial charge in [-0.15, -0.1) is 0 Å². The quantitative estimate of drug-likeness (QED) is 0.290. The first-order valence-corrected chi connectivity index (χ1v) is 8.85. The highest BCUT2D eigenvalue weighted by atomic mass is 16.4. The van der Waals surface area contributed by atoms with Gasteiger partial charge in [-0.1, -0.05) is 72.9 Å². The Morgan fingerprint density at radius 3 is 1.42 bits per heavy atom. The molecule has 0 radical (unpaired) electrons. The van der Waals surface area contributed by atoms with E-state index < -0.39 is 5.97 Å². The van der Waals surface area contributed by atoms with E-state index in [0.29, 0.717) is 0 Å². The number of hydrogen-bond acceptors (Lipinski definition) is 1. The monoisotopic (exact) mass is 328 g/mol. The normalized spacial score (nSPS) is 13.0. The fraction of sp³-hybridized carbons (Fsp3) is 0.409. The minimum absolute atomic E-state index is 0.256. The summed E-state index contributed by atoms with van der Waals surface area (Å²) >= 11 is 0. The summed E-state index contributed by atoms with van der Waals surface area (Å²) in [5.74, 6) is -0.717. The summed E-state index contributed by atoms with van der Waals surface area (Å²) in [7, 11) is 0. The van der Waals surface area contributed by atoms with Gasteiger partial charge in [-0.25, -0.2) is 0 Å². The molecule has 0 rings (SSSR count). The van der Waals surface area contributed by atoms with Gasteiger partial charge in [0.05, 0.1) is 0 Å². The number of aliphatic carboxylic acids is 1. The van der Waals surface area contributed by atoms with Gasteiger partial charge in [0.2, 0.25) is 0 Å². The molecule has 132 valence electrons. The van der Waals surface area contributed by atoms with Gasteiger partial charge in [0, 0.05) is 6.42 Å². The molecule has 0 heterocycles. The molecule has 0 saturated carbocycles. The van der Waals surface area contributed by atoms with Gasteiger partial charge in [-0.3, -0.25) is 4.79 Å². The average molecular weight is 328 g/mol. The standard InChI is InChI=1S/C22H32O2/c1-2-3-4-5-6-7-8-9-10-11-12-13-14-15-16-17-18-19-20-21-22(23)24/h2-3,5-6,8-9,11-12,14-15,17-18H,4,7,10,13,16,19-21H2,1H3,(H,23,24)/b3-2?,6-5?,9-8?,12-11?,15-14?,18-17+. The minimum Gasteiger partial charge on any atom is -0.481 e. The fourth-order valence-corrected chi connectivity index (χ4v) is 1.88. The largest absolute Gasteiger partial charge is 0.481 e. The Labute approximate surface area is 147 Å². The van der Waals surface area contributed by atoms with Gasteiger partial charge in [0.1, 0.15) is 0 Å². The first kappa shape index (κ1) is 21.9. The van der Waals surface area contributed by atoms with Crippen LogP contribution in [0.15, 0.2) is 72.9 Å². The molecule has 0 aromatic rings. The van der Waals surface area contributed by atoms with Crippen molar-refractivity contribution in [1.29, 1.82) is 0 Å². The van der Waals surface area contributed by atoms with Crippen LogP contribution in [-0.2, 0) is 4.79 Å². The highest BCUT2D eigenvalue weighted by Gasteiger charge is 1.92. The second-order valence-electron chi connectivity index (χ2n) is 5.39. The first-order chi connectivity index (χ1) is 11.8. The molecule has 0 unspecified atom stereocenters. The Balaban J connectivity index is 3.49. The lowest BCUT2D eigenvalue weighted by atomic mass is 10.2. The first-order valence-electron chi connectivity index (χ1n) is 8.85. The number of allylic oxidation sites excluding steroid dienone is 12. The zero-order chi connectivity index (χ0) is 17.7. The van der Waals surface area contributed by atoms with Gasteiger partial charge >= 0.3 is 5.97 Å². The maximum atomic E-state index is 10.3. The lowest BCUT2D eigenvalue weighted by Gasteiger charge is -1.89. The molecule has 0 aliphatic carbocycles. The Morgan fingerprint density at radius 2 is 1.04 bits per heavy atom. The SMILES string of the molecule is CC=CCC=CCC=CCC=CCC=CC/C=C/CCCC(=O)O. The lowest BCUT2D eigenvalue weighted by Crippen LogP contribution is -1.92. The van der Waals surface area contributed by atoms with E-state index in [9.17, 15) is 4.79 Å². The van der Waals surface area contributed by atoms with Crippen molar-refractivity contribution in [3.05, 3.63) is 72.9 Å². The third-order valence-electron chi connectivity index (χ3n) is 3.19. The molecule has 0 aliphatic heterocycles. The predicted molar refractivity (Wildman–Crippen MR) is 105 cm³/mol. The summed E-state index contributed by atoms with van der Waals surface area (Å²) in [5, 5.41) is 8.51. The van der Waals surface area contributed by atoms with Crippen LogP contribution in [0.1, 0.15) is 58.3 Å². The number of carbonyl (C=O) groups is 1. The van der Waals surface area contributed by atoms with Crippen molar-refractivity contribution in [2.24, 2.45) is 0 Å². The summed E-state index contributed by atoms with van der Waals surface area (Å²) < 4.78 is 0. The number of rotatable bonds is 14. The van der Waals surface area contributed by atoms with E-state index in [1.165, 1.54) is 0 Å². The molecule has 0 bridgehead atoms. The molecule has 0 amide bonds. The van der Waals surface area contributed by atoms with E-state index in [-0.39, 0.29) is 6.42 Å². The van der Waals surface area contributed by atoms with Crippen LogP contribution in [-0.4, -0.2) is 11.1 Å². The van der Waals surface area contributed by atoms with Gasteiger partial charge < -0.3 is 5.11 Å². The van der Waals surface area contributed by atoms with Crippen LogP contribution in [0.25, 0.3) is 0 Å². The Bertz CT molecular complexity index is 462. The smallest absolute Gasteiger partial charge is 0.303 e. The Hall–Kier alpha value is -2.09. The van der Waals surface area contributed by atoms with Crippen LogP contribution in [0.5, 0.6) is 0 Å². The van der Waals surface area contributed by atoms with Crippen LogP contribution in [0.4, 0.5) is 0 Å². The maximum Gasteiger partial charge on any atom is 0.303 e. The highest BCUT2D eigenvalue weighted by molar-refractivity contribution is 5.66. The molecular weight excluding hydrogens is 296 g/mol. The molecule has 0 saturated heterocycles. The van der Waals surface area contributed by atoms with Gasteiger partial charge in [0.25, 0.3) is 0 Å². The van der Waals surface area contributed by atoms with Gasteiger partial charge in [-0.05, 0) is 51.9 Å². The zero-order valence-corrected chi connectivity index (χ0v) is 14.9. The third-order valence-corrected chi connectivity index (χ3v) is 3.19. The van der Waals surface area contributed by atoms with Crippen LogP contribution in [0.2, 0.25) is 0 Å². The molecule has 0 aromatic carbocycles. The molecule has 1 N–H and O–H groups in total. The van der Waals surface area contributed by atoms with E-state index in [4.69, 9.17) is 5.11 Å². The molecule has 0 spiro atoms. The minimum atomic E-state index is -0.717. The second-order valence-corrected chi connectivity index (χ2v) is 5.39. The number of unbranched alkanes of at least 4 members (excludes halogenated alkanes) is 1. The van der Waals surface area contributed by atoms with Crippen molar-refractivity contribution in [2.75, 3.05) is 0 Å². The molecule has 24 heavy (non-hydrogen) atoms. The van der Waals surface area contributed by atoms with E-state index in [0.717, 1.165) is 44.9 Å². The number of carboxylic acid groups (broad SMARTS) is 1. The van der Waals surface area contributed by atoms with Crippen molar-refractivity contribution in [1.82, 2.24) is 0 Å². The number of carboxylic acids is 1. The summed E-state index contributed by atoms with van der Waals surface area (Å²) in [5.41, 5.74) is 0. The predicted octanol–water partition coefficient (Wildman–Crippen LogP) is 6.55. The maximum absolute atomic E-state index is 10.3. The Kier molecular flexibility index (Phi) is 17.3. The molecule has 2 heteroatoms. The van der Waals surface area contributed by atoms with E-state index in [1.807, 2.05) is 6.92 Å². The zero-order valence-electron chi connectivity index (χ0n) is 14.9. The van der Waals surface area contributed by atoms with E-state index >= 15 is 0 Å². The van der Waals surface area contributed by atoms with E-state index in [2.05, 4.69) is 72.9 Å². The lowest BCUT2D eigenvalue weighted by molar-refractivity contribution is -0.137. The summed E-state index contributed by atoms with van der Waals surface area (Å²) in [6.07, 6.45) is 32.5. The molecule has 0 aromatic heterocycles. The summed E-state index contributed by atoms with van der Waals surface area (Å²) in [4.78, 5) is 10.3. The summed E-state index contributed by atoms with van der Waals surface area (Å²) in [6, 6.07) is 0. The van der Waals surface area contributed by atoms with Crippen LogP contribution < -0.4 is 0 Å². The fourth-order valence-electron chi connectivity index (χ4n) is 1.88. The topological polar surface area (TPSA) is 37.3 Å². The van der Waals surface area contributed by atoms with Crippen molar-refractivity contribution >= 4 is 5.97 Å².